The molecule has 1 aliphatic rings. The van der Waals surface area contributed by atoms with Crippen molar-refractivity contribution in [3.63, 3.8) is 0 Å². The van der Waals surface area contributed by atoms with Gasteiger partial charge in [0.05, 0.1) is 12.0 Å². The summed E-state index contributed by atoms with van der Waals surface area (Å²) in [5.41, 5.74) is 0.489. The molecule has 0 aromatic heterocycles. The zero-order valence-electron chi connectivity index (χ0n) is 15.2. The van der Waals surface area contributed by atoms with Crippen LogP contribution in [0.5, 0.6) is 0 Å². The van der Waals surface area contributed by atoms with Crippen molar-refractivity contribution in [1.82, 2.24) is 4.90 Å². The van der Waals surface area contributed by atoms with Gasteiger partial charge in [-0.15, -0.1) is 0 Å². The first kappa shape index (κ1) is 19.6. The molecule has 0 spiro atoms. The highest BCUT2D eigenvalue weighted by atomic mass is 19.1. The third-order valence-corrected chi connectivity index (χ3v) is 4.69. The highest BCUT2D eigenvalue weighted by Gasteiger charge is 2.42. The van der Waals surface area contributed by atoms with Crippen molar-refractivity contribution < 1.29 is 18.7 Å². The SMILES string of the molecule is CCOC(=O)C1(CCOC)CCCN(C/C=C/c2ccc(F)cc2)C1. The van der Waals surface area contributed by atoms with E-state index in [1.807, 2.05) is 13.0 Å². The van der Waals surface area contributed by atoms with E-state index in [0.717, 1.165) is 31.5 Å². The Morgan fingerprint density at radius 2 is 2.12 bits per heavy atom. The van der Waals surface area contributed by atoms with Crippen molar-refractivity contribution in [2.24, 2.45) is 5.41 Å². The smallest absolute Gasteiger partial charge is 0.313 e. The van der Waals surface area contributed by atoms with Gasteiger partial charge in [-0.3, -0.25) is 9.69 Å². The van der Waals surface area contributed by atoms with Gasteiger partial charge in [-0.1, -0.05) is 24.3 Å². The number of hydrogen-bond acceptors (Lipinski definition) is 4. The van der Waals surface area contributed by atoms with Gasteiger partial charge in [-0.25, -0.2) is 4.39 Å². The number of piperidine rings is 1. The third-order valence-electron chi connectivity index (χ3n) is 4.69. The van der Waals surface area contributed by atoms with Crippen LogP contribution in [0.4, 0.5) is 4.39 Å². The van der Waals surface area contributed by atoms with Crippen LogP contribution in [0, 0.1) is 11.2 Å². The van der Waals surface area contributed by atoms with E-state index in [2.05, 4.69) is 11.0 Å². The Morgan fingerprint density at radius 1 is 1.36 bits per heavy atom. The Balaban J connectivity index is 1.98. The van der Waals surface area contributed by atoms with E-state index >= 15 is 0 Å². The van der Waals surface area contributed by atoms with Crippen molar-refractivity contribution in [2.45, 2.75) is 26.2 Å². The molecule has 0 bridgehead atoms. The van der Waals surface area contributed by atoms with E-state index in [4.69, 9.17) is 9.47 Å². The van der Waals surface area contributed by atoms with Gasteiger partial charge < -0.3 is 9.47 Å². The average Bonchev–Trinajstić information content (AvgIpc) is 2.62. The number of nitrogens with zero attached hydrogens (tertiary/aromatic N) is 1. The summed E-state index contributed by atoms with van der Waals surface area (Å²) < 4.78 is 23.5. The first-order valence-electron chi connectivity index (χ1n) is 8.90. The molecule has 138 valence electrons. The lowest BCUT2D eigenvalue weighted by Crippen LogP contribution is -2.49. The fourth-order valence-electron chi connectivity index (χ4n) is 3.35. The number of rotatable bonds is 8. The molecule has 5 heteroatoms. The molecular weight excluding hydrogens is 321 g/mol. The van der Waals surface area contributed by atoms with Crippen LogP contribution in [0.2, 0.25) is 0 Å². The first-order chi connectivity index (χ1) is 12.1. The number of methoxy groups -OCH3 is 1. The summed E-state index contributed by atoms with van der Waals surface area (Å²) in [5, 5.41) is 0. The Morgan fingerprint density at radius 3 is 2.80 bits per heavy atom. The topological polar surface area (TPSA) is 38.8 Å². The fraction of sp³-hybridized carbons (Fsp3) is 0.550. The van der Waals surface area contributed by atoms with Crippen molar-refractivity contribution >= 4 is 12.0 Å². The van der Waals surface area contributed by atoms with Crippen LogP contribution in [0.3, 0.4) is 0 Å². The van der Waals surface area contributed by atoms with Gasteiger partial charge in [0.2, 0.25) is 0 Å². The van der Waals surface area contributed by atoms with E-state index in [-0.39, 0.29) is 11.8 Å². The highest BCUT2D eigenvalue weighted by Crippen LogP contribution is 2.35. The third kappa shape index (κ3) is 5.65. The lowest BCUT2D eigenvalue weighted by atomic mass is 9.77. The lowest BCUT2D eigenvalue weighted by Gasteiger charge is -2.40. The van der Waals surface area contributed by atoms with Crippen LogP contribution < -0.4 is 0 Å². The molecular formula is C20H28FNO3. The maximum absolute atomic E-state index is 12.9. The second kappa shape index (κ2) is 9.68. The number of carbonyl (C=O) groups is 1. The van der Waals surface area contributed by atoms with Gasteiger partial charge in [-0.2, -0.15) is 0 Å². The van der Waals surface area contributed by atoms with Crippen molar-refractivity contribution in [2.75, 3.05) is 40.0 Å². The minimum Gasteiger partial charge on any atom is -0.466 e. The second-order valence-corrected chi connectivity index (χ2v) is 6.54. The summed E-state index contributed by atoms with van der Waals surface area (Å²) in [6.45, 7) is 5.19. The molecule has 0 aliphatic carbocycles. The molecule has 0 amide bonds. The maximum atomic E-state index is 12.9. The first-order valence-corrected chi connectivity index (χ1v) is 8.90. The minimum absolute atomic E-state index is 0.112. The van der Waals surface area contributed by atoms with Gasteiger partial charge in [0, 0.05) is 26.8 Å². The van der Waals surface area contributed by atoms with Crippen molar-refractivity contribution in [3.8, 4) is 0 Å². The van der Waals surface area contributed by atoms with Crippen LogP contribution >= 0.6 is 0 Å². The van der Waals surface area contributed by atoms with E-state index < -0.39 is 5.41 Å². The predicted molar refractivity (Wildman–Crippen MR) is 96.7 cm³/mol. The molecule has 0 saturated carbocycles. The van der Waals surface area contributed by atoms with Gasteiger partial charge >= 0.3 is 5.97 Å². The largest absolute Gasteiger partial charge is 0.466 e. The molecule has 1 saturated heterocycles. The summed E-state index contributed by atoms with van der Waals surface area (Å²) in [7, 11) is 1.66. The molecule has 4 nitrogen and oxygen atoms in total. The van der Waals surface area contributed by atoms with Gasteiger partial charge in [0.15, 0.2) is 0 Å². The molecule has 1 atom stereocenters. The number of carbonyl (C=O) groups excluding carboxylic acids is 1. The molecule has 1 fully saturated rings. The maximum Gasteiger partial charge on any atom is 0.313 e. The Hall–Kier alpha value is -1.72. The van der Waals surface area contributed by atoms with Crippen molar-refractivity contribution in [1.29, 1.82) is 0 Å². The van der Waals surface area contributed by atoms with Gasteiger partial charge in [0.25, 0.3) is 0 Å². The number of halogens is 1. The number of ether oxygens (including phenoxy) is 2. The second-order valence-electron chi connectivity index (χ2n) is 6.54. The Labute approximate surface area is 149 Å². The summed E-state index contributed by atoms with van der Waals surface area (Å²) in [6.07, 6.45) is 6.53. The van der Waals surface area contributed by atoms with E-state index in [1.165, 1.54) is 12.1 Å². The molecule has 1 unspecified atom stereocenters. The predicted octanol–water partition coefficient (Wildman–Crippen LogP) is 3.52. The fourth-order valence-corrected chi connectivity index (χ4v) is 3.35. The summed E-state index contributed by atoms with van der Waals surface area (Å²) >= 11 is 0. The average molecular weight is 349 g/mol. The molecule has 1 heterocycles. The molecule has 25 heavy (non-hydrogen) atoms. The monoisotopic (exact) mass is 349 g/mol. The minimum atomic E-state index is -0.478. The molecule has 0 N–H and O–H groups in total. The summed E-state index contributed by atoms with van der Waals surface area (Å²) in [5.74, 6) is -0.343. The van der Waals surface area contributed by atoms with E-state index in [1.54, 1.807) is 19.2 Å². The van der Waals surface area contributed by atoms with Crippen molar-refractivity contribution in [3.05, 3.63) is 41.7 Å². The zero-order chi connectivity index (χ0) is 18.1. The number of esters is 1. The Kier molecular flexibility index (Phi) is 7.59. The molecule has 1 aromatic rings. The highest BCUT2D eigenvalue weighted by molar-refractivity contribution is 5.77. The normalized spacial score (nSPS) is 21.6. The summed E-state index contributed by atoms with van der Waals surface area (Å²) in [6, 6.07) is 6.42. The Bertz CT molecular complexity index is 573. The molecule has 0 radical (unpaired) electrons. The van der Waals surface area contributed by atoms with Crippen LogP contribution in [0.25, 0.3) is 6.08 Å². The van der Waals surface area contributed by atoms with Crippen LogP contribution in [0.15, 0.2) is 30.3 Å². The molecule has 1 aliphatic heterocycles. The zero-order valence-corrected chi connectivity index (χ0v) is 15.2. The standard InChI is InChI=1S/C20H28FNO3/c1-3-25-19(23)20(12-15-24-2)11-5-14-22(16-20)13-4-6-17-7-9-18(21)10-8-17/h4,6-10H,3,5,11-16H2,1-2H3/b6-4+. The lowest BCUT2D eigenvalue weighted by molar-refractivity contribution is -0.160. The number of hydrogen-bond donors (Lipinski definition) is 0. The quantitative estimate of drug-likeness (QED) is 0.673. The van der Waals surface area contributed by atoms with E-state index in [9.17, 15) is 9.18 Å². The number of likely N-dealkylation sites (tertiary alicyclic amines) is 1. The van der Waals surface area contributed by atoms with Crippen LogP contribution in [0.1, 0.15) is 31.7 Å². The summed E-state index contributed by atoms with van der Waals surface area (Å²) in [4.78, 5) is 14.8. The van der Waals surface area contributed by atoms with Gasteiger partial charge in [-0.05, 0) is 50.4 Å². The van der Waals surface area contributed by atoms with Crippen LogP contribution in [-0.4, -0.2) is 50.8 Å². The number of benzene rings is 1. The van der Waals surface area contributed by atoms with Crippen LogP contribution in [-0.2, 0) is 14.3 Å². The molecule has 2 rings (SSSR count). The van der Waals surface area contributed by atoms with E-state index in [0.29, 0.717) is 26.2 Å². The van der Waals surface area contributed by atoms with Gasteiger partial charge in [0.1, 0.15) is 5.82 Å². The molecule has 1 aromatic carbocycles.